The summed E-state index contributed by atoms with van der Waals surface area (Å²) >= 11 is 0. The van der Waals surface area contributed by atoms with Crippen LogP contribution in [0.25, 0.3) is 0 Å². The molecule has 0 radical (unpaired) electrons. The lowest BCUT2D eigenvalue weighted by Crippen LogP contribution is -2.15. The van der Waals surface area contributed by atoms with E-state index in [1.807, 2.05) is 0 Å². The molecule has 1 aromatic carbocycles. The number of hydrogen-bond acceptors (Lipinski definition) is 4. The van der Waals surface area contributed by atoms with Gasteiger partial charge in [-0.2, -0.15) is 4.39 Å². The molecule has 0 heterocycles. The number of carbonyl (C=O) groups excluding carboxylic acids is 1. The Hall–Kier alpha value is -1.98. The maximum atomic E-state index is 13.5. The van der Waals surface area contributed by atoms with Crippen LogP contribution in [0.4, 0.5) is 10.1 Å². The molecule has 1 atom stereocenters. The molecular weight excluding hydrogens is 241 g/mol. The minimum atomic E-state index is -0.944. The lowest BCUT2D eigenvalue weighted by atomic mass is 9.96. The standard InChI is InChI=1S/C12H14FNO4/c1-3-9(12(15)18-4-2)8-5-6-11(14(16)17)10(13)7-8/h5-7,9H,3-4H2,1-2H3. The van der Waals surface area contributed by atoms with E-state index in [1.165, 1.54) is 6.07 Å². The summed E-state index contributed by atoms with van der Waals surface area (Å²) in [4.78, 5) is 21.3. The van der Waals surface area contributed by atoms with Crippen molar-refractivity contribution in [3.63, 3.8) is 0 Å². The number of rotatable bonds is 5. The second kappa shape index (κ2) is 6.09. The molecule has 0 aliphatic carbocycles. The summed E-state index contributed by atoms with van der Waals surface area (Å²) in [6, 6.07) is 3.46. The number of nitro groups is 1. The van der Waals surface area contributed by atoms with Crippen molar-refractivity contribution in [3.8, 4) is 0 Å². The lowest BCUT2D eigenvalue weighted by molar-refractivity contribution is -0.387. The molecule has 0 saturated carbocycles. The van der Waals surface area contributed by atoms with Crippen LogP contribution in [0.5, 0.6) is 0 Å². The van der Waals surface area contributed by atoms with Crippen molar-refractivity contribution in [1.82, 2.24) is 0 Å². The van der Waals surface area contributed by atoms with E-state index in [0.717, 1.165) is 12.1 Å². The number of benzene rings is 1. The largest absolute Gasteiger partial charge is 0.466 e. The topological polar surface area (TPSA) is 69.4 Å². The Morgan fingerprint density at radius 3 is 2.61 bits per heavy atom. The molecule has 0 spiro atoms. The van der Waals surface area contributed by atoms with Gasteiger partial charge in [-0.15, -0.1) is 0 Å². The zero-order valence-corrected chi connectivity index (χ0v) is 10.2. The summed E-state index contributed by atoms with van der Waals surface area (Å²) < 4.78 is 18.3. The molecule has 1 aromatic rings. The monoisotopic (exact) mass is 255 g/mol. The van der Waals surface area contributed by atoms with Gasteiger partial charge in [0.1, 0.15) is 0 Å². The SMILES string of the molecule is CCOC(=O)C(CC)c1ccc([N+](=O)[O-])c(F)c1. The van der Waals surface area contributed by atoms with Crippen molar-refractivity contribution in [2.24, 2.45) is 0 Å². The van der Waals surface area contributed by atoms with Gasteiger partial charge in [-0.3, -0.25) is 14.9 Å². The summed E-state index contributed by atoms with van der Waals surface area (Å²) in [7, 11) is 0. The van der Waals surface area contributed by atoms with E-state index in [9.17, 15) is 19.3 Å². The molecule has 1 unspecified atom stereocenters. The molecule has 1 rings (SSSR count). The van der Waals surface area contributed by atoms with Crippen molar-refractivity contribution in [1.29, 1.82) is 0 Å². The maximum Gasteiger partial charge on any atom is 0.313 e. The van der Waals surface area contributed by atoms with Crippen LogP contribution in [-0.2, 0) is 9.53 Å². The Balaban J connectivity index is 3.05. The predicted molar refractivity (Wildman–Crippen MR) is 62.7 cm³/mol. The first-order valence-corrected chi connectivity index (χ1v) is 5.61. The molecule has 5 nitrogen and oxygen atoms in total. The minimum absolute atomic E-state index is 0.241. The molecule has 0 saturated heterocycles. The third kappa shape index (κ3) is 3.03. The highest BCUT2D eigenvalue weighted by molar-refractivity contribution is 5.78. The Bertz CT molecular complexity index is 461. The van der Waals surface area contributed by atoms with E-state index in [-0.39, 0.29) is 6.61 Å². The summed E-state index contributed by atoms with van der Waals surface area (Å²) in [6.07, 6.45) is 0.441. The van der Waals surface area contributed by atoms with E-state index >= 15 is 0 Å². The fourth-order valence-corrected chi connectivity index (χ4v) is 1.67. The van der Waals surface area contributed by atoms with Crippen LogP contribution in [0.1, 0.15) is 31.7 Å². The van der Waals surface area contributed by atoms with Crippen LogP contribution < -0.4 is 0 Å². The lowest BCUT2D eigenvalue weighted by Gasteiger charge is -2.13. The first-order valence-electron chi connectivity index (χ1n) is 5.61. The third-order valence-corrected chi connectivity index (χ3v) is 2.55. The van der Waals surface area contributed by atoms with Gasteiger partial charge in [0.2, 0.25) is 5.82 Å². The number of halogens is 1. The minimum Gasteiger partial charge on any atom is -0.466 e. The Labute approximate surface area is 104 Å². The third-order valence-electron chi connectivity index (χ3n) is 2.55. The van der Waals surface area contributed by atoms with Crippen LogP contribution in [0.15, 0.2) is 18.2 Å². The number of nitro benzene ring substituents is 1. The van der Waals surface area contributed by atoms with Crippen molar-refractivity contribution in [2.75, 3.05) is 6.61 Å². The molecule has 0 amide bonds. The molecule has 0 N–H and O–H groups in total. The fourth-order valence-electron chi connectivity index (χ4n) is 1.67. The molecular formula is C12H14FNO4. The van der Waals surface area contributed by atoms with E-state index in [0.29, 0.717) is 12.0 Å². The first kappa shape index (κ1) is 14.1. The Kier molecular flexibility index (Phi) is 4.76. The van der Waals surface area contributed by atoms with Gasteiger partial charge in [-0.25, -0.2) is 0 Å². The molecule has 0 fully saturated rings. The first-order chi connectivity index (χ1) is 8.51. The average Bonchev–Trinajstić information content (AvgIpc) is 2.29. The van der Waals surface area contributed by atoms with Crippen LogP contribution in [-0.4, -0.2) is 17.5 Å². The van der Waals surface area contributed by atoms with Gasteiger partial charge in [-0.1, -0.05) is 13.0 Å². The molecule has 98 valence electrons. The number of nitrogens with zero attached hydrogens (tertiary/aromatic N) is 1. The number of hydrogen-bond donors (Lipinski definition) is 0. The van der Waals surface area contributed by atoms with Gasteiger partial charge in [0, 0.05) is 6.07 Å². The van der Waals surface area contributed by atoms with E-state index in [1.54, 1.807) is 13.8 Å². The predicted octanol–water partition coefficient (Wildman–Crippen LogP) is 2.79. The van der Waals surface area contributed by atoms with Crippen LogP contribution >= 0.6 is 0 Å². The van der Waals surface area contributed by atoms with Gasteiger partial charge in [-0.05, 0) is 25.0 Å². The zero-order chi connectivity index (χ0) is 13.7. The normalized spacial score (nSPS) is 11.9. The second-order valence-corrected chi connectivity index (χ2v) is 3.68. The quantitative estimate of drug-likeness (QED) is 0.461. The molecule has 0 aliphatic rings. The molecule has 18 heavy (non-hydrogen) atoms. The van der Waals surface area contributed by atoms with E-state index in [4.69, 9.17) is 4.74 Å². The summed E-state index contributed by atoms with van der Waals surface area (Å²) in [5, 5.41) is 10.5. The van der Waals surface area contributed by atoms with Gasteiger partial charge in [0.25, 0.3) is 0 Å². The number of ether oxygens (including phenoxy) is 1. The molecule has 0 aromatic heterocycles. The highest BCUT2D eigenvalue weighted by Gasteiger charge is 2.23. The van der Waals surface area contributed by atoms with Gasteiger partial charge in [0.05, 0.1) is 17.4 Å². The smallest absolute Gasteiger partial charge is 0.313 e. The highest BCUT2D eigenvalue weighted by Crippen LogP contribution is 2.26. The molecule has 6 heteroatoms. The van der Waals surface area contributed by atoms with Crippen molar-refractivity contribution >= 4 is 11.7 Å². The van der Waals surface area contributed by atoms with Crippen molar-refractivity contribution in [3.05, 3.63) is 39.7 Å². The summed E-state index contributed by atoms with van der Waals surface area (Å²) in [5.41, 5.74) is -0.212. The molecule has 0 aliphatic heterocycles. The average molecular weight is 255 g/mol. The van der Waals surface area contributed by atoms with E-state index < -0.39 is 28.3 Å². The van der Waals surface area contributed by atoms with E-state index in [2.05, 4.69) is 0 Å². The molecule has 0 bridgehead atoms. The second-order valence-electron chi connectivity index (χ2n) is 3.68. The maximum absolute atomic E-state index is 13.5. The van der Waals surface area contributed by atoms with Crippen LogP contribution in [0, 0.1) is 15.9 Å². The zero-order valence-electron chi connectivity index (χ0n) is 10.2. The highest BCUT2D eigenvalue weighted by atomic mass is 19.1. The summed E-state index contributed by atoms with van der Waals surface area (Å²) in [6.45, 7) is 3.69. The van der Waals surface area contributed by atoms with Gasteiger partial charge in [0.15, 0.2) is 0 Å². The van der Waals surface area contributed by atoms with Crippen molar-refractivity contribution in [2.45, 2.75) is 26.2 Å². The van der Waals surface area contributed by atoms with Gasteiger partial charge >= 0.3 is 11.7 Å². The van der Waals surface area contributed by atoms with Crippen molar-refractivity contribution < 1.29 is 18.8 Å². The van der Waals surface area contributed by atoms with Gasteiger partial charge < -0.3 is 4.74 Å². The Morgan fingerprint density at radius 1 is 1.50 bits per heavy atom. The number of carbonyl (C=O) groups is 1. The fraction of sp³-hybridized carbons (Fsp3) is 0.417. The van der Waals surface area contributed by atoms with Crippen LogP contribution in [0.2, 0.25) is 0 Å². The summed E-state index contributed by atoms with van der Waals surface area (Å²) in [5.74, 6) is -1.99. The number of esters is 1. The Morgan fingerprint density at radius 2 is 2.17 bits per heavy atom. The van der Waals surface area contributed by atoms with Crippen LogP contribution in [0.3, 0.4) is 0 Å².